The second kappa shape index (κ2) is 7.16. The molecule has 1 aromatic carbocycles. The fourth-order valence-corrected chi connectivity index (χ4v) is 5.26. The van der Waals surface area contributed by atoms with Gasteiger partial charge in [-0.1, -0.05) is 17.7 Å². The molecule has 0 spiro atoms. The first-order chi connectivity index (χ1) is 13.7. The highest BCUT2D eigenvalue weighted by atomic mass is 35.5. The van der Waals surface area contributed by atoms with Gasteiger partial charge in [-0.3, -0.25) is 9.69 Å². The third kappa shape index (κ3) is 3.54. The van der Waals surface area contributed by atoms with Crippen LogP contribution < -0.4 is 10.4 Å². The minimum Gasteiger partial charge on any atom is -0.476 e. The van der Waals surface area contributed by atoms with E-state index < -0.39 is 21.4 Å². The number of nitrogens with zero attached hydrogens (tertiary/aromatic N) is 1. The van der Waals surface area contributed by atoms with Gasteiger partial charge < -0.3 is 13.9 Å². The Labute approximate surface area is 171 Å². The minimum absolute atomic E-state index is 0.0313. The molecule has 0 N–H and O–H groups in total. The molecule has 1 atom stereocenters. The fraction of sp³-hybridized carbons (Fsp3) is 0.368. The molecule has 0 saturated carbocycles. The van der Waals surface area contributed by atoms with Gasteiger partial charge in [-0.15, -0.1) is 0 Å². The zero-order chi connectivity index (χ0) is 20.9. The van der Waals surface area contributed by atoms with E-state index in [1.807, 2.05) is 4.90 Å². The number of benzene rings is 1. The van der Waals surface area contributed by atoms with Crippen molar-refractivity contribution in [1.29, 1.82) is 0 Å². The van der Waals surface area contributed by atoms with Crippen molar-refractivity contribution in [2.75, 3.05) is 19.6 Å². The van der Waals surface area contributed by atoms with E-state index in [0.29, 0.717) is 39.4 Å². The lowest BCUT2D eigenvalue weighted by Crippen LogP contribution is -2.41. The molecule has 0 bridgehead atoms. The summed E-state index contributed by atoms with van der Waals surface area (Å²) in [7, 11) is -1.98. The third-order valence-corrected chi connectivity index (χ3v) is 6.90. The van der Waals surface area contributed by atoms with Gasteiger partial charge >= 0.3 is 11.6 Å². The third-order valence-electron chi connectivity index (χ3n) is 5.24. The second-order valence-corrected chi connectivity index (χ2v) is 9.37. The molecule has 29 heavy (non-hydrogen) atoms. The number of methoxy groups -OCH3 is 1. The van der Waals surface area contributed by atoms with E-state index in [1.54, 1.807) is 19.1 Å². The number of sulfone groups is 1. The number of fused-ring (bicyclic) bond motifs is 3. The van der Waals surface area contributed by atoms with Crippen LogP contribution >= 0.6 is 11.6 Å². The Morgan fingerprint density at radius 1 is 1.41 bits per heavy atom. The standard InChI is InChI=1S/C19H18ClNO7S/c1-10-12-5-15(20)18-14(17(12)28-19(23)13(10)6-16(22)26-2)7-21(9-27-18)11-3-4-29(24,25)8-11/h3-5,11H,6-9H2,1-2H3/t11-/m0/s1. The van der Waals surface area contributed by atoms with E-state index in [1.165, 1.54) is 12.5 Å². The van der Waals surface area contributed by atoms with Gasteiger partial charge in [0.2, 0.25) is 0 Å². The van der Waals surface area contributed by atoms with Crippen LogP contribution in [0.3, 0.4) is 0 Å². The molecular weight excluding hydrogens is 422 g/mol. The predicted octanol–water partition coefficient (Wildman–Crippen LogP) is 1.93. The maximum atomic E-state index is 12.5. The average Bonchev–Trinajstić information content (AvgIpc) is 3.05. The zero-order valence-electron chi connectivity index (χ0n) is 15.7. The van der Waals surface area contributed by atoms with E-state index in [9.17, 15) is 18.0 Å². The van der Waals surface area contributed by atoms with Crippen molar-refractivity contribution < 1.29 is 27.1 Å². The summed E-state index contributed by atoms with van der Waals surface area (Å²) >= 11 is 6.41. The molecule has 8 nitrogen and oxygen atoms in total. The molecule has 2 aliphatic rings. The number of ether oxygens (including phenoxy) is 2. The molecular formula is C19H18ClNO7S. The lowest BCUT2D eigenvalue weighted by Gasteiger charge is -2.33. The summed E-state index contributed by atoms with van der Waals surface area (Å²) in [5.41, 5.74) is 1.03. The van der Waals surface area contributed by atoms with Crippen LogP contribution in [0.1, 0.15) is 16.7 Å². The maximum Gasteiger partial charge on any atom is 0.340 e. The Hall–Kier alpha value is -2.36. The quantitative estimate of drug-likeness (QED) is 0.528. The molecule has 0 saturated heterocycles. The van der Waals surface area contributed by atoms with Crippen LogP contribution in [0.15, 0.2) is 26.8 Å². The van der Waals surface area contributed by atoms with E-state index in [4.69, 9.17) is 20.8 Å². The number of carbonyl (C=O) groups excluding carboxylic acids is 1. The Bertz CT molecular complexity index is 1220. The highest BCUT2D eigenvalue weighted by molar-refractivity contribution is 7.94. The fourth-order valence-electron chi connectivity index (χ4n) is 3.65. The number of halogens is 1. The topological polar surface area (TPSA) is 103 Å². The number of hydrogen-bond acceptors (Lipinski definition) is 8. The normalized spacial score (nSPS) is 20.4. The predicted molar refractivity (Wildman–Crippen MR) is 106 cm³/mol. The second-order valence-electron chi connectivity index (χ2n) is 7.03. The van der Waals surface area contributed by atoms with Gasteiger partial charge in [-0.25, -0.2) is 13.2 Å². The molecule has 2 aromatic rings. The van der Waals surface area contributed by atoms with Crippen molar-refractivity contribution in [2.45, 2.75) is 25.9 Å². The lowest BCUT2D eigenvalue weighted by atomic mass is 10.00. The largest absolute Gasteiger partial charge is 0.476 e. The minimum atomic E-state index is -3.23. The number of hydrogen-bond donors (Lipinski definition) is 0. The van der Waals surface area contributed by atoms with E-state index in [0.717, 1.165) is 0 Å². The average molecular weight is 440 g/mol. The van der Waals surface area contributed by atoms with Crippen molar-refractivity contribution in [3.8, 4) is 5.75 Å². The SMILES string of the molecule is COC(=O)Cc1c(C)c2cc(Cl)c3c(c2oc1=O)CN([C@H]1C=CS(=O)(=O)C1)CO3. The monoisotopic (exact) mass is 439 g/mol. The van der Waals surface area contributed by atoms with Gasteiger partial charge in [0, 0.05) is 23.4 Å². The molecule has 4 rings (SSSR count). The van der Waals surface area contributed by atoms with E-state index in [2.05, 4.69) is 4.74 Å². The first-order valence-electron chi connectivity index (χ1n) is 8.82. The molecule has 0 aliphatic carbocycles. The summed E-state index contributed by atoms with van der Waals surface area (Å²) in [6.07, 6.45) is 1.41. The number of carbonyl (C=O) groups is 1. The molecule has 3 heterocycles. The Morgan fingerprint density at radius 2 is 2.17 bits per heavy atom. The van der Waals surface area contributed by atoms with Gasteiger partial charge in [0.1, 0.15) is 18.1 Å². The van der Waals surface area contributed by atoms with Crippen LogP contribution in [0, 0.1) is 6.92 Å². The molecule has 0 amide bonds. The molecule has 2 aliphatic heterocycles. The molecule has 0 unspecified atom stereocenters. The van der Waals surface area contributed by atoms with Gasteiger partial charge in [-0.2, -0.15) is 0 Å². The van der Waals surface area contributed by atoms with Crippen LogP contribution in [0.25, 0.3) is 11.0 Å². The summed E-state index contributed by atoms with van der Waals surface area (Å²) in [5.74, 6) is -0.174. The molecule has 0 radical (unpaired) electrons. The summed E-state index contributed by atoms with van der Waals surface area (Å²) in [4.78, 5) is 26.0. The van der Waals surface area contributed by atoms with Gasteiger partial charge in [0.15, 0.2) is 9.84 Å². The highest BCUT2D eigenvalue weighted by Gasteiger charge is 2.33. The van der Waals surface area contributed by atoms with Crippen LogP contribution in [-0.4, -0.2) is 44.9 Å². The molecule has 1 aromatic heterocycles. The zero-order valence-corrected chi connectivity index (χ0v) is 17.3. The first kappa shape index (κ1) is 19.9. The smallest absolute Gasteiger partial charge is 0.340 e. The first-order valence-corrected chi connectivity index (χ1v) is 10.9. The van der Waals surface area contributed by atoms with Crippen molar-refractivity contribution in [3.05, 3.63) is 49.7 Å². The molecule has 10 heteroatoms. The van der Waals surface area contributed by atoms with Crippen LogP contribution in [0.5, 0.6) is 5.75 Å². The van der Waals surface area contributed by atoms with E-state index in [-0.39, 0.29) is 30.5 Å². The Morgan fingerprint density at radius 3 is 2.83 bits per heavy atom. The van der Waals surface area contributed by atoms with Gasteiger partial charge in [0.05, 0.1) is 35.4 Å². The summed E-state index contributed by atoms with van der Waals surface area (Å²) in [6, 6.07) is 1.30. The Balaban J connectivity index is 1.81. The maximum absolute atomic E-state index is 12.5. The lowest BCUT2D eigenvalue weighted by molar-refractivity contribution is -0.139. The number of aryl methyl sites for hydroxylation is 1. The summed E-state index contributed by atoms with van der Waals surface area (Å²) in [5, 5.41) is 2.14. The van der Waals surface area contributed by atoms with Crippen molar-refractivity contribution in [3.63, 3.8) is 0 Å². The summed E-state index contributed by atoms with van der Waals surface area (Å²) in [6.45, 7) is 2.18. The van der Waals surface area contributed by atoms with Crippen molar-refractivity contribution in [1.82, 2.24) is 4.90 Å². The van der Waals surface area contributed by atoms with Gasteiger partial charge in [-0.05, 0) is 18.6 Å². The summed E-state index contributed by atoms with van der Waals surface area (Å²) < 4.78 is 39.5. The van der Waals surface area contributed by atoms with Crippen LogP contribution in [0.4, 0.5) is 0 Å². The number of rotatable bonds is 3. The molecule has 154 valence electrons. The Kier molecular flexibility index (Phi) is 4.92. The number of esters is 1. The van der Waals surface area contributed by atoms with Crippen molar-refractivity contribution >= 4 is 38.4 Å². The van der Waals surface area contributed by atoms with Crippen LogP contribution in [0.2, 0.25) is 5.02 Å². The van der Waals surface area contributed by atoms with Gasteiger partial charge in [0.25, 0.3) is 0 Å². The van der Waals surface area contributed by atoms with Crippen LogP contribution in [-0.2, 0) is 32.3 Å². The van der Waals surface area contributed by atoms with E-state index >= 15 is 0 Å². The highest BCUT2D eigenvalue weighted by Crippen LogP contribution is 2.40. The van der Waals surface area contributed by atoms with Crippen molar-refractivity contribution in [2.24, 2.45) is 0 Å². The molecule has 0 fully saturated rings.